The normalized spacial score (nSPS) is 11.5. The smallest absolute Gasteiger partial charge is 0.240 e. The second-order valence-corrected chi connectivity index (χ2v) is 6.61. The van der Waals surface area contributed by atoms with Crippen LogP contribution in [0.5, 0.6) is 0 Å². The number of pyridine rings is 1. The number of benzene rings is 1. The van der Waals surface area contributed by atoms with Gasteiger partial charge in [0, 0.05) is 24.6 Å². The minimum Gasteiger partial charge on any atom is -0.398 e. The molecule has 0 saturated carbocycles. The number of nitrogens with zero attached hydrogens (tertiary/aromatic N) is 1. The number of rotatable bonds is 5. The van der Waals surface area contributed by atoms with Gasteiger partial charge in [-0.25, -0.2) is 13.1 Å². The molecule has 0 fully saturated rings. The zero-order valence-electron chi connectivity index (χ0n) is 12.1. The van der Waals surface area contributed by atoms with E-state index in [1.807, 2.05) is 19.9 Å². The molecule has 21 heavy (non-hydrogen) atoms. The topological polar surface area (TPSA) is 85.1 Å². The van der Waals surface area contributed by atoms with E-state index < -0.39 is 10.0 Å². The van der Waals surface area contributed by atoms with Crippen molar-refractivity contribution in [1.82, 2.24) is 9.71 Å². The first kappa shape index (κ1) is 15.5. The van der Waals surface area contributed by atoms with Crippen molar-refractivity contribution in [1.29, 1.82) is 0 Å². The summed E-state index contributed by atoms with van der Waals surface area (Å²) in [5.41, 5.74) is 9.14. The van der Waals surface area contributed by atoms with Crippen LogP contribution in [0.2, 0.25) is 0 Å². The first-order valence-electron chi connectivity index (χ1n) is 6.71. The third-order valence-corrected chi connectivity index (χ3v) is 4.81. The van der Waals surface area contributed by atoms with Gasteiger partial charge in [-0.05, 0) is 48.2 Å². The van der Waals surface area contributed by atoms with Crippen molar-refractivity contribution in [3.05, 3.63) is 53.3 Å². The molecule has 2 rings (SSSR count). The van der Waals surface area contributed by atoms with Crippen LogP contribution in [0, 0.1) is 6.92 Å². The van der Waals surface area contributed by atoms with E-state index in [2.05, 4.69) is 9.71 Å². The lowest BCUT2D eigenvalue weighted by molar-refractivity contribution is 0.581. The number of anilines is 1. The Morgan fingerprint density at radius 3 is 2.62 bits per heavy atom. The summed E-state index contributed by atoms with van der Waals surface area (Å²) in [6.45, 7) is 4.10. The second-order valence-electron chi connectivity index (χ2n) is 4.84. The van der Waals surface area contributed by atoms with Crippen LogP contribution in [0.4, 0.5) is 5.69 Å². The molecule has 112 valence electrons. The molecule has 0 amide bonds. The van der Waals surface area contributed by atoms with Gasteiger partial charge in [0.25, 0.3) is 0 Å². The summed E-state index contributed by atoms with van der Waals surface area (Å²) in [5.74, 6) is 0. The number of nitrogens with two attached hydrogens (primary N) is 1. The summed E-state index contributed by atoms with van der Waals surface area (Å²) in [6, 6.07) is 6.67. The molecule has 0 aliphatic rings. The predicted molar refractivity (Wildman–Crippen MR) is 83.2 cm³/mol. The van der Waals surface area contributed by atoms with E-state index >= 15 is 0 Å². The second kappa shape index (κ2) is 6.24. The van der Waals surface area contributed by atoms with Gasteiger partial charge in [0.15, 0.2) is 0 Å². The van der Waals surface area contributed by atoms with Crippen LogP contribution in [0.1, 0.15) is 23.6 Å². The number of nitrogen functional groups attached to an aromatic ring is 1. The average molecular weight is 305 g/mol. The fraction of sp³-hybridized carbons (Fsp3) is 0.267. The molecule has 0 bridgehead atoms. The zero-order valence-corrected chi connectivity index (χ0v) is 12.9. The number of sulfonamides is 1. The standard InChI is InChI=1S/C15H19N3O2S/c1-3-12-4-5-14(8-15(12)16)21(19,20)18-10-13-9-17-7-6-11(13)2/h4-9,18H,3,10,16H2,1-2H3. The zero-order chi connectivity index (χ0) is 15.5. The van der Waals surface area contributed by atoms with E-state index in [9.17, 15) is 8.42 Å². The van der Waals surface area contributed by atoms with Crippen molar-refractivity contribution in [2.45, 2.75) is 31.7 Å². The minimum atomic E-state index is -3.58. The number of hydrogen-bond donors (Lipinski definition) is 2. The summed E-state index contributed by atoms with van der Waals surface area (Å²) in [5, 5.41) is 0. The van der Waals surface area contributed by atoms with Crippen LogP contribution >= 0.6 is 0 Å². The van der Waals surface area contributed by atoms with Crippen LogP contribution in [0.25, 0.3) is 0 Å². The Balaban J connectivity index is 2.19. The number of aryl methyl sites for hydroxylation is 2. The molecule has 6 heteroatoms. The fourth-order valence-corrected chi connectivity index (χ4v) is 3.04. The molecule has 0 radical (unpaired) electrons. The molecule has 0 atom stereocenters. The molecule has 0 aliphatic carbocycles. The average Bonchev–Trinajstić information content (AvgIpc) is 2.46. The molecule has 1 heterocycles. The largest absolute Gasteiger partial charge is 0.398 e. The predicted octanol–water partition coefficient (Wildman–Crippen LogP) is 2.01. The summed E-state index contributed by atoms with van der Waals surface area (Å²) in [4.78, 5) is 4.18. The van der Waals surface area contributed by atoms with E-state index in [0.29, 0.717) is 5.69 Å². The number of aromatic nitrogens is 1. The summed E-state index contributed by atoms with van der Waals surface area (Å²) in [6.07, 6.45) is 4.11. The van der Waals surface area contributed by atoms with Crippen molar-refractivity contribution in [3.63, 3.8) is 0 Å². The maximum absolute atomic E-state index is 12.3. The Bertz CT molecular complexity index is 742. The Kier molecular flexibility index (Phi) is 4.59. The summed E-state index contributed by atoms with van der Waals surface area (Å²) < 4.78 is 27.1. The molecule has 1 aromatic carbocycles. The van der Waals surface area contributed by atoms with Gasteiger partial charge in [-0.3, -0.25) is 4.98 Å². The lowest BCUT2D eigenvalue weighted by atomic mass is 10.1. The SMILES string of the molecule is CCc1ccc(S(=O)(=O)NCc2cnccc2C)cc1N. The monoisotopic (exact) mass is 305 g/mol. The van der Waals surface area contributed by atoms with Gasteiger partial charge < -0.3 is 5.73 Å². The highest BCUT2D eigenvalue weighted by atomic mass is 32.2. The van der Waals surface area contributed by atoms with Gasteiger partial charge in [0.1, 0.15) is 0 Å². The van der Waals surface area contributed by atoms with E-state index in [0.717, 1.165) is 23.1 Å². The molecule has 2 aromatic rings. The Labute approximate surface area is 125 Å². The third kappa shape index (κ3) is 3.59. The molecule has 0 saturated heterocycles. The summed E-state index contributed by atoms with van der Waals surface area (Å²) >= 11 is 0. The van der Waals surface area contributed by atoms with Crippen LogP contribution in [0.15, 0.2) is 41.6 Å². The lowest BCUT2D eigenvalue weighted by Gasteiger charge is -2.10. The maximum atomic E-state index is 12.3. The van der Waals surface area contributed by atoms with E-state index in [4.69, 9.17) is 5.73 Å². The van der Waals surface area contributed by atoms with Crippen molar-refractivity contribution in [2.24, 2.45) is 0 Å². The van der Waals surface area contributed by atoms with Crippen molar-refractivity contribution in [3.8, 4) is 0 Å². The number of nitrogens with one attached hydrogen (secondary N) is 1. The fourth-order valence-electron chi connectivity index (χ4n) is 2.00. The molecular weight excluding hydrogens is 286 g/mol. The quantitative estimate of drug-likeness (QED) is 0.828. The molecular formula is C15H19N3O2S. The van der Waals surface area contributed by atoms with Gasteiger partial charge in [-0.2, -0.15) is 0 Å². The van der Waals surface area contributed by atoms with Crippen molar-refractivity contribution < 1.29 is 8.42 Å². The van der Waals surface area contributed by atoms with Gasteiger partial charge in [0.05, 0.1) is 4.90 Å². The first-order valence-corrected chi connectivity index (χ1v) is 8.20. The Morgan fingerprint density at radius 2 is 2.00 bits per heavy atom. The highest BCUT2D eigenvalue weighted by molar-refractivity contribution is 7.89. The third-order valence-electron chi connectivity index (χ3n) is 3.41. The Morgan fingerprint density at radius 1 is 1.24 bits per heavy atom. The molecule has 0 spiro atoms. The van der Waals surface area contributed by atoms with Crippen LogP contribution < -0.4 is 10.5 Å². The molecule has 5 nitrogen and oxygen atoms in total. The van der Waals surface area contributed by atoms with Crippen LogP contribution in [-0.2, 0) is 23.0 Å². The highest BCUT2D eigenvalue weighted by Gasteiger charge is 2.15. The van der Waals surface area contributed by atoms with E-state index in [1.54, 1.807) is 24.5 Å². The van der Waals surface area contributed by atoms with Gasteiger partial charge in [-0.1, -0.05) is 13.0 Å². The lowest BCUT2D eigenvalue weighted by Crippen LogP contribution is -2.24. The molecule has 1 aromatic heterocycles. The molecule has 0 unspecified atom stereocenters. The van der Waals surface area contributed by atoms with Crippen molar-refractivity contribution in [2.75, 3.05) is 5.73 Å². The van der Waals surface area contributed by atoms with Crippen LogP contribution in [0.3, 0.4) is 0 Å². The Hall–Kier alpha value is -1.92. The first-order chi connectivity index (χ1) is 9.94. The van der Waals surface area contributed by atoms with Gasteiger partial charge in [0.2, 0.25) is 10.0 Å². The van der Waals surface area contributed by atoms with Crippen molar-refractivity contribution >= 4 is 15.7 Å². The van der Waals surface area contributed by atoms with Gasteiger partial charge in [-0.15, -0.1) is 0 Å². The molecule has 3 N–H and O–H groups in total. The van der Waals surface area contributed by atoms with E-state index in [1.165, 1.54) is 6.07 Å². The number of hydrogen-bond acceptors (Lipinski definition) is 4. The van der Waals surface area contributed by atoms with Gasteiger partial charge >= 0.3 is 0 Å². The highest BCUT2D eigenvalue weighted by Crippen LogP contribution is 2.18. The minimum absolute atomic E-state index is 0.179. The van der Waals surface area contributed by atoms with Crippen LogP contribution in [-0.4, -0.2) is 13.4 Å². The maximum Gasteiger partial charge on any atom is 0.240 e. The van der Waals surface area contributed by atoms with E-state index in [-0.39, 0.29) is 11.4 Å². The summed E-state index contributed by atoms with van der Waals surface area (Å²) in [7, 11) is -3.58. The molecule has 0 aliphatic heterocycles.